The van der Waals surface area contributed by atoms with Crippen LogP contribution in [0, 0.1) is 5.82 Å². The number of methoxy groups -OCH3 is 1. The maximum Gasteiger partial charge on any atom is 0.330 e. The number of amides is 2. The van der Waals surface area contributed by atoms with Crippen LogP contribution in [0.15, 0.2) is 60.9 Å². The van der Waals surface area contributed by atoms with Crippen LogP contribution in [0.2, 0.25) is 0 Å². The second-order valence-electron chi connectivity index (χ2n) is 6.74. The van der Waals surface area contributed by atoms with E-state index in [9.17, 15) is 14.0 Å². The Hall–Kier alpha value is -3.68. The number of aromatic nitrogens is 2. The highest BCUT2D eigenvalue weighted by Crippen LogP contribution is 2.29. The molecule has 29 heavy (non-hydrogen) atoms. The van der Waals surface area contributed by atoms with Gasteiger partial charge in [0.05, 0.1) is 19.9 Å². The third kappa shape index (κ3) is 3.69. The van der Waals surface area contributed by atoms with Crippen LogP contribution in [-0.4, -0.2) is 46.8 Å². The normalized spacial score (nSPS) is 16.3. The molecule has 1 N–H and O–H groups in total. The van der Waals surface area contributed by atoms with Gasteiger partial charge in [-0.05, 0) is 35.4 Å². The van der Waals surface area contributed by atoms with E-state index < -0.39 is 12.0 Å². The van der Waals surface area contributed by atoms with Crippen molar-refractivity contribution in [2.24, 2.45) is 0 Å². The van der Waals surface area contributed by atoms with Gasteiger partial charge in [0.1, 0.15) is 5.82 Å². The van der Waals surface area contributed by atoms with E-state index >= 15 is 0 Å². The van der Waals surface area contributed by atoms with Gasteiger partial charge in [-0.3, -0.25) is 10.00 Å². The van der Waals surface area contributed by atoms with Crippen LogP contribution in [-0.2, 0) is 16.1 Å². The molecule has 1 atom stereocenters. The molecule has 0 bridgehead atoms. The minimum absolute atomic E-state index is 0.158. The summed E-state index contributed by atoms with van der Waals surface area (Å²) in [5, 5.41) is 6.69. The van der Waals surface area contributed by atoms with Crippen molar-refractivity contribution in [2.45, 2.75) is 12.6 Å². The number of halogens is 1. The Bertz CT molecular complexity index is 1020. The number of H-pyrrole nitrogens is 1. The van der Waals surface area contributed by atoms with Crippen LogP contribution < -0.4 is 4.90 Å². The Kier molecular flexibility index (Phi) is 4.99. The summed E-state index contributed by atoms with van der Waals surface area (Å²) in [4.78, 5) is 28.3. The predicted octanol–water partition coefficient (Wildman–Crippen LogP) is 3.20. The SMILES string of the molecule is COC(=O)C1CN(Cc2cccc(F)c2)C(=O)N1c1ccc(-c2cn[nH]c2)cc1. The monoisotopic (exact) mass is 394 g/mol. The zero-order valence-corrected chi connectivity index (χ0v) is 15.7. The van der Waals surface area contributed by atoms with E-state index in [1.54, 1.807) is 36.7 Å². The Morgan fingerprint density at radius 2 is 2.03 bits per heavy atom. The average Bonchev–Trinajstić information content (AvgIpc) is 3.37. The fraction of sp³-hybridized carbons (Fsp3) is 0.190. The number of nitrogens with zero attached hydrogens (tertiary/aromatic N) is 3. The smallest absolute Gasteiger partial charge is 0.330 e. The molecule has 1 saturated heterocycles. The molecule has 148 valence electrons. The highest BCUT2D eigenvalue weighted by molar-refractivity contribution is 6.02. The topological polar surface area (TPSA) is 78.5 Å². The van der Waals surface area contributed by atoms with Crippen molar-refractivity contribution in [1.29, 1.82) is 0 Å². The highest BCUT2D eigenvalue weighted by atomic mass is 19.1. The summed E-state index contributed by atoms with van der Waals surface area (Å²) in [5.41, 5.74) is 3.08. The lowest BCUT2D eigenvalue weighted by atomic mass is 10.1. The Morgan fingerprint density at radius 1 is 1.24 bits per heavy atom. The second kappa shape index (κ2) is 7.75. The van der Waals surface area contributed by atoms with E-state index in [1.807, 2.05) is 12.1 Å². The number of urea groups is 1. The molecule has 0 saturated carbocycles. The van der Waals surface area contributed by atoms with Crippen molar-refractivity contribution in [3.63, 3.8) is 0 Å². The number of benzene rings is 2. The quantitative estimate of drug-likeness (QED) is 0.674. The molecule has 1 unspecified atom stereocenters. The molecular formula is C21H19FN4O3. The Labute approximate surface area is 166 Å². The number of carbonyl (C=O) groups is 2. The van der Waals surface area contributed by atoms with Gasteiger partial charge >= 0.3 is 12.0 Å². The van der Waals surface area contributed by atoms with E-state index in [1.165, 1.54) is 29.0 Å². The molecule has 1 aliphatic rings. The molecule has 2 aromatic carbocycles. The standard InChI is InChI=1S/C21H19FN4O3/c1-29-20(27)19-13-25(12-14-3-2-4-17(22)9-14)21(28)26(19)18-7-5-15(6-8-18)16-10-23-24-11-16/h2-11,19H,12-13H2,1H3,(H,23,24). The van der Waals surface area contributed by atoms with Gasteiger partial charge < -0.3 is 9.64 Å². The summed E-state index contributed by atoms with van der Waals surface area (Å²) in [7, 11) is 1.29. The molecule has 1 aliphatic heterocycles. The van der Waals surface area contributed by atoms with Crippen LogP contribution in [0.25, 0.3) is 11.1 Å². The van der Waals surface area contributed by atoms with E-state index in [0.717, 1.165) is 11.1 Å². The lowest BCUT2D eigenvalue weighted by Crippen LogP contribution is -2.40. The van der Waals surface area contributed by atoms with E-state index in [4.69, 9.17) is 4.74 Å². The van der Waals surface area contributed by atoms with Crippen LogP contribution in [0.3, 0.4) is 0 Å². The third-order valence-electron chi connectivity index (χ3n) is 4.89. The molecule has 2 heterocycles. The first-order chi connectivity index (χ1) is 14.1. The van der Waals surface area contributed by atoms with Crippen LogP contribution in [0.1, 0.15) is 5.56 Å². The lowest BCUT2D eigenvalue weighted by Gasteiger charge is -2.22. The fourth-order valence-corrected chi connectivity index (χ4v) is 3.47. The number of ether oxygens (including phenoxy) is 1. The summed E-state index contributed by atoms with van der Waals surface area (Å²) in [5.74, 6) is -0.871. The zero-order chi connectivity index (χ0) is 20.4. The molecule has 3 aromatic rings. The number of rotatable bonds is 5. The van der Waals surface area contributed by atoms with Crippen molar-refractivity contribution in [2.75, 3.05) is 18.6 Å². The molecular weight excluding hydrogens is 375 g/mol. The van der Waals surface area contributed by atoms with Crippen LogP contribution in [0.4, 0.5) is 14.9 Å². The summed E-state index contributed by atoms with van der Waals surface area (Å²) < 4.78 is 18.4. The minimum atomic E-state index is -0.777. The fourth-order valence-electron chi connectivity index (χ4n) is 3.47. The molecule has 0 spiro atoms. The maximum atomic E-state index is 13.5. The van der Waals surface area contributed by atoms with E-state index in [0.29, 0.717) is 11.3 Å². The average molecular weight is 394 g/mol. The first-order valence-corrected chi connectivity index (χ1v) is 9.06. The first-order valence-electron chi connectivity index (χ1n) is 9.06. The molecule has 7 nitrogen and oxygen atoms in total. The predicted molar refractivity (Wildman–Crippen MR) is 105 cm³/mol. The summed E-state index contributed by atoms with van der Waals surface area (Å²) in [6.07, 6.45) is 3.47. The van der Waals surface area contributed by atoms with Crippen LogP contribution in [0.5, 0.6) is 0 Å². The molecule has 2 amide bonds. The molecule has 0 radical (unpaired) electrons. The van der Waals surface area contributed by atoms with Crippen molar-refractivity contribution >= 4 is 17.7 Å². The van der Waals surface area contributed by atoms with Gasteiger partial charge in [0.25, 0.3) is 0 Å². The second-order valence-corrected chi connectivity index (χ2v) is 6.74. The zero-order valence-electron chi connectivity index (χ0n) is 15.7. The number of hydrogen-bond donors (Lipinski definition) is 1. The maximum absolute atomic E-state index is 13.5. The number of nitrogens with one attached hydrogen (secondary N) is 1. The largest absolute Gasteiger partial charge is 0.467 e. The number of anilines is 1. The van der Waals surface area contributed by atoms with Crippen LogP contribution >= 0.6 is 0 Å². The third-order valence-corrected chi connectivity index (χ3v) is 4.89. The minimum Gasteiger partial charge on any atom is -0.467 e. The molecule has 1 aromatic heterocycles. The first kappa shape index (κ1) is 18.7. The van der Waals surface area contributed by atoms with Gasteiger partial charge in [0.15, 0.2) is 6.04 Å². The van der Waals surface area contributed by atoms with Gasteiger partial charge in [-0.2, -0.15) is 5.10 Å². The number of aromatic amines is 1. The summed E-state index contributed by atoms with van der Waals surface area (Å²) in [6, 6.07) is 12.2. The van der Waals surface area contributed by atoms with E-state index in [-0.39, 0.29) is 24.9 Å². The summed E-state index contributed by atoms with van der Waals surface area (Å²) in [6.45, 7) is 0.360. The number of carbonyl (C=O) groups excluding carboxylic acids is 2. The van der Waals surface area contributed by atoms with Gasteiger partial charge in [0, 0.05) is 24.0 Å². The Balaban J connectivity index is 1.61. The summed E-state index contributed by atoms with van der Waals surface area (Å²) >= 11 is 0. The lowest BCUT2D eigenvalue weighted by molar-refractivity contribution is -0.141. The molecule has 4 rings (SSSR count). The van der Waals surface area contributed by atoms with Crippen molar-refractivity contribution < 1.29 is 18.7 Å². The highest BCUT2D eigenvalue weighted by Gasteiger charge is 2.43. The van der Waals surface area contributed by atoms with Gasteiger partial charge in [0.2, 0.25) is 0 Å². The van der Waals surface area contributed by atoms with E-state index in [2.05, 4.69) is 10.2 Å². The molecule has 1 fully saturated rings. The van der Waals surface area contributed by atoms with Gasteiger partial charge in [-0.15, -0.1) is 0 Å². The number of esters is 1. The van der Waals surface area contributed by atoms with Crippen molar-refractivity contribution in [3.8, 4) is 11.1 Å². The van der Waals surface area contributed by atoms with Gasteiger partial charge in [-0.25, -0.2) is 14.0 Å². The Morgan fingerprint density at radius 3 is 2.69 bits per heavy atom. The van der Waals surface area contributed by atoms with Crippen molar-refractivity contribution in [1.82, 2.24) is 15.1 Å². The molecule has 0 aliphatic carbocycles. The number of hydrogen-bond acceptors (Lipinski definition) is 4. The molecule has 8 heteroatoms. The van der Waals surface area contributed by atoms with Crippen molar-refractivity contribution in [3.05, 3.63) is 72.3 Å². The van der Waals surface area contributed by atoms with Gasteiger partial charge in [-0.1, -0.05) is 24.3 Å².